The molecule has 2 aromatic rings. The van der Waals surface area contributed by atoms with Crippen molar-refractivity contribution in [1.82, 2.24) is 0 Å². The molecule has 2 aromatic carbocycles. The van der Waals surface area contributed by atoms with E-state index in [1.807, 2.05) is 76.2 Å². The highest BCUT2D eigenvalue weighted by atomic mass is 16.5. The number of aryl methyl sites for hydroxylation is 1. The van der Waals surface area contributed by atoms with Gasteiger partial charge in [-0.2, -0.15) is 0 Å². The first-order chi connectivity index (χ1) is 13.4. The Hall–Kier alpha value is -2.82. The highest BCUT2D eigenvalue weighted by molar-refractivity contribution is 6.04. The van der Waals surface area contributed by atoms with Gasteiger partial charge in [0.15, 0.2) is 0 Å². The maximum absolute atomic E-state index is 12.9. The van der Waals surface area contributed by atoms with E-state index in [9.17, 15) is 9.59 Å². The van der Waals surface area contributed by atoms with Gasteiger partial charge in [0.1, 0.15) is 5.75 Å². The van der Waals surface area contributed by atoms with Crippen LogP contribution < -0.4 is 15.0 Å². The lowest BCUT2D eigenvalue weighted by atomic mass is 10.2. The summed E-state index contributed by atoms with van der Waals surface area (Å²) < 4.78 is 5.76. The molecule has 1 aliphatic carbocycles. The van der Waals surface area contributed by atoms with Crippen molar-refractivity contribution in [3.63, 3.8) is 0 Å². The van der Waals surface area contributed by atoms with Crippen LogP contribution in [0.3, 0.4) is 0 Å². The van der Waals surface area contributed by atoms with Crippen molar-refractivity contribution in [1.29, 1.82) is 0 Å². The molecule has 1 fully saturated rings. The minimum Gasteiger partial charge on any atom is -0.489 e. The first-order valence-corrected chi connectivity index (χ1v) is 9.85. The van der Waals surface area contributed by atoms with Gasteiger partial charge in [0, 0.05) is 12.2 Å². The average Bonchev–Trinajstić information content (AvgIpc) is 3.44. The molecule has 0 aliphatic heterocycles. The molecule has 2 unspecified atom stereocenters. The molecule has 1 saturated carbocycles. The van der Waals surface area contributed by atoms with Gasteiger partial charge in [-0.3, -0.25) is 9.59 Å². The fourth-order valence-electron chi connectivity index (χ4n) is 3.37. The second kappa shape index (κ2) is 8.46. The number of nitrogens with one attached hydrogen (secondary N) is 1. The summed E-state index contributed by atoms with van der Waals surface area (Å²) in [5, 5.41) is 2.93. The maximum atomic E-state index is 12.9. The van der Waals surface area contributed by atoms with Crippen molar-refractivity contribution in [3.05, 3.63) is 54.1 Å². The highest BCUT2D eigenvalue weighted by Gasteiger charge is 2.49. The molecule has 0 aromatic heterocycles. The normalized spacial score (nSPS) is 17.9. The van der Waals surface area contributed by atoms with Gasteiger partial charge in [-0.1, -0.05) is 24.3 Å². The van der Waals surface area contributed by atoms with Gasteiger partial charge in [0.2, 0.25) is 11.8 Å². The third-order valence-electron chi connectivity index (χ3n) is 4.85. The molecule has 1 N–H and O–H groups in total. The van der Waals surface area contributed by atoms with Crippen LogP contribution in [0.25, 0.3) is 0 Å². The van der Waals surface area contributed by atoms with Crippen LogP contribution in [-0.4, -0.2) is 24.5 Å². The van der Waals surface area contributed by atoms with Gasteiger partial charge >= 0.3 is 0 Å². The second-order valence-electron chi connectivity index (χ2n) is 7.52. The van der Waals surface area contributed by atoms with Gasteiger partial charge in [0.05, 0.1) is 23.6 Å². The van der Waals surface area contributed by atoms with Crippen molar-refractivity contribution in [2.75, 3.05) is 16.8 Å². The summed E-state index contributed by atoms with van der Waals surface area (Å²) in [7, 11) is 0. The Balaban J connectivity index is 1.66. The van der Waals surface area contributed by atoms with Crippen LogP contribution in [0.15, 0.2) is 48.5 Å². The molecule has 1 aliphatic rings. The maximum Gasteiger partial charge on any atom is 0.230 e. The Morgan fingerprint density at radius 2 is 1.89 bits per heavy atom. The molecule has 2 amide bonds. The first kappa shape index (κ1) is 19.9. The number of benzene rings is 2. The van der Waals surface area contributed by atoms with Crippen molar-refractivity contribution >= 4 is 23.2 Å². The summed E-state index contributed by atoms with van der Waals surface area (Å²) in [6.07, 6.45) is 0.598. The summed E-state index contributed by atoms with van der Waals surface area (Å²) in [4.78, 5) is 27.4. The number of hydrogen-bond acceptors (Lipinski definition) is 3. The zero-order chi connectivity index (χ0) is 20.3. The minimum absolute atomic E-state index is 0.0139. The molecule has 0 heterocycles. The molecule has 0 radical (unpaired) electrons. The van der Waals surface area contributed by atoms with E-state index >= 15 is 0 Å². The average molecular weight is 380 g/mol. The van der Waals surface area contributed by atoms with Gasteiger partial charge in [-0.15, -0.1) is 0 Å². The largest absolute Gasteiger partial charge is 0.489 e. The van der Waals surface area contributed by atoms with Crippen molar-refractivity contribution in [2.45, 2.75) is 40.2 Å². The number of hydrogen-bond donors (Lipinski definition) is 1. The van der Waals surface area contributed by atoms with E-state index in [-0.39, 0.29) is 29.8 Å². The summed E-state index contributed by atoms with van der Waals surface area (Å²) in [6.45, 7) is 8.43. The molecule has 28 heavy (non-hydrogen) atoms. The van der Waals surface area contributed by atoms with Gasteiger partial charge < -0.3 is 15.0 Å². The van der Waals surface area contributed by atoms with Crippen molar-refractivity contribution in [2.24, 2.45) is 11.8 Å². The number of ether oxygens (including phenoxy) is 1. The fourth-order valence-corrected chi connectivity index (χ4v) is 3.37. The molecule has 3 rings (SSSR count). The van der Waals surface area contributed by atoms with Crippen LogP contribution in [0.5, 0.6) is 5.75 Å². The van der Waals surface area contributed by atoms with Gasteiger partial charge in [-0.25, -0.2) is 0 Å². The molecule has 0 spiro atoms. The summed E-state index contributed by atoms with van der Waals surface area (Å²) in [6, 6.07) is 15.3. The standard InChI is InChI=1S/C23H28N2O3/c1-5-25(17-10-8-9-16(4)13-17)23(27)19-14-18(19)22(26)24-20-11-6-7-12-21(20)28-15(2)3/h6-13,15,18-19H,5,14H2,1-4H3,(H,24,26). The smallest absolute Gasteiger partial charge is 0.230 e. The number of anilines is 2. The number of nitrogens with zero attached hydrogens (tertiary/aromatic N) is 1. The van der Waals surface area contributed by atoms with Crippen LogP contribution in [0.1, 0.15) is 32.8 Å². The lowest BCUT2D eigenvalue weighted by Gasteiger charge is -2.21. The van der Waals surface area contributed by atoms with Crippen LogP contribution in [0.4, 0.5) is 11.4 Å². The van der Waals surface area contributed by atoms with E-state index in [0.717, 1.165) is 11.3 Å². The highest BCUT2D eigenvalue weighted by Crippen LogP contribution is 2.42. The fraction of sp³-hybridized carbons (Fsp3) is 0.391. The lowest BCUT2D eigenvalue weighted by molar-refractivity contribution is -0.123. The third-order valence-corrected chi connectivity index (χ3v) is 4.85. The molecular weight excluding hydrogens is 352 g/mol. The Kier molecular flexibility index (Phi) is 6.02. The molecule has 0 saturated heterocycles. The molecular formula is C23H28N2O3. The quantitative estimate of drug-likeness (QED) is 0.774. The Labute approximate surface area is 166 Å². The number of amides is 2. The van der Waals surface area contributed by atoms with Crippen LogP contribution >= 0.6 is 0 Å². The van der Waals surface area contributed by atoms with E-state index < -0.39 is 0 Å². The first-order valence-electron chi connectivity index (χ1n) is 9.85. The van der Waals surface area contributed by atoms with E-state index in [2.05, 4.69) is 5.32 Å². The third kappa shape index (κ3) is 4.53. The second-order valence-corrected chi connectivity index (χ2v) is 7.52. The Bertz CT molecular complexity index is 862. The predicted octanol–water partition coefficient (Wildman–Crippen LogP) is 4.41. The molecule has 0 bridgehead atoms. The van der Waals surface area contributed by atoms with Crippen LogP contribution in [0, 0.1) is 18.8 Å². The van der Waals surface area contributed by atoms with Gasteiger partial charge in [-0.05, 0) is 63.9 Å². The molecule has 2 atom stereocenters. The van der Waals surface area contributed by atoms with E-state index in [1.165, 1.54) is 0 Å². The Morgan fingerprint density at radius 3 is 2.57 bits per heavy atom. The number of carbonyl (C=O) groups is 2. The van der Waals surface area contributed by atoms with Gasteiger partial charge in [0.25, 0.3) is 0 Å². The monoisotopic (exact) mass is 380 g/mol. The topological polar surface area (TPSA) is 58.6 Å². The predicted molar refractivity (Wildman–Crippen MR) is 112 cm³/mol. The summed E-state index contributed by atoms with van der Waals surface area (Å²) in [5.74, 6) is -0.0279. The van der Waals surface area contributed by atoms with Crippen LogP contribution in [-0.2, 0) is 9.59 Å². The van der Waals surface area contributed by atoms with Crippen molar-refractivity contribution in [3.8, 4) is 5.75 Å². The van der Waals surface area contributed by atoms with E-state index in [0.29, 0.717) is 24.4 Å². The van der Waals surface area contributed by atoms with E-state index in [4.69, 9.17) is 4.74 Å². The summed E-state index contributed by atoms with van der Waals surface area (Å²) in [5.41, 5.74) is 2.63. The summed E-state index contributed by atoms with van der Waals surface area (Å²) >= 11 is 0. The van der Waals surface area contributed by atoms with E-state index in [1.54, 1.807) is 4.90 Å². The molecule has 148 valence electrons. The SMILES string of the molecule is CCN(C(=O)C1CC1C(=O)Nc1ccccc1OC(C)C)c1cccc(C)c1. The number of carbonyl (C=O) groups excluding carboxylic acids is 2. The molecule has 5 nitrogen and oxygen atoms in total. The number of rotatable bonds is 7. The zero-order valence-electron chi connectivity index (χ0n) is 16.9. The Morgan fingerprint density at radius 1 is 1.14 bits per heavy atom. The van der Waals surface area contributed by atoms with Crippen LogP contribution in [0.2, 0.25) is 0 Å². The van der Waals surface area contributed by atoms with Crippen molar-refractivity contribution < 1.29 is 14.3 Å². The zero-order valence-corrected chi connectivity index (χ0v) is 16.9. The molecule has 5 heteroatoms. The number of para-hydroxylation sites is 2. The lowest BCUT2D eigenvalue weighted by Crippen LogP contribution is -2.33. The minimum atomic E-state index is -0.293.